The van der Waals surface area contributed by atoms with E-state index in [1.165, 1.54) is 0 Å². The van der Waals surface area contributed by atoms with E-state index in [1.54, 1.807) is 0 Å². The van der Waals surface area contributed by atoms with Crippen molar-refractivity contribution in [3.63, 3.8) is 0 Å². The van der Waals surface area contributed by atoms with Crippen LogP contribution in [0.25, 0.3) is 0 Å². The van der Waals surface area contributed by atoms with Gasteiger partial charge in [-0.1, -0.05) is 6.92 Å². The number of carboxylic acids is 1. The zero-order valence-corrected chi connectivity index (χ0v) is 11.4. The number of aromatic carboxylic acids is 1. The van der Waals surface area contributed by atoms with Crippen molar-refractivity contribution < 1.29 is 9.90 Å². The molecule has 0 amide bonds. The molecule has 0 atom stereocenters. The smallest absolute Gasteiger partial charge is 0.337 e. The molecule has 0 aromatic carbocycles. The number of nitrogens with zero attached hydrogens (tertiary/aromatic N) is 2. The molecule has 3 rings (SSSR count). The summed E-state index contributed by atoms with van der Waals surface area (Å²) in [6.45, 7) is 5.14. The fraction of sp³-hybridized carbons (Fsp3) is 0.600. The maximum absolute atomic E-state index is 11.4. The minimum absolute atomic E-state index is 0.394. The third kappa shape index (κ3) is 2.50. The van der Waals surface area contributed by atoms with Gasteiger partial charge in [-0.15, -0.1) is 0 Å². The van der Waals surface area contributed by atoms with Crippen LogP contribution < -0.4 is 0 Å². The molecular formula is C15H20N2O2. The predicted octanol–water partition coefficient (Wildman–Crippen LogP) is 2.43. The monoisotopic (exact) mass is 260 g/mol. The summed E-state index contributed by atoms with van der Waals surface area (Å²) in [5.41, 5.74) is 3.50. The van der Waals surface area contributed by atoms with Crippen molar-refractivity contribution in [2.75, 3.05) is 13.1 Å². The lowest BCUT2D eigenvalue weighted by Crippen LogP contribution is -2.32. The van der Waals surface area contributed by atoms with Crippen LogP contribution in [0.15, 0.2) is 6.07 Å². The van der Waals surface area contributed by atoms with Crippen molar-refractivity contribution in [2.24, 2.45) is 0 Å². The summed E-state index contributed by atoms with van der Waals surface area (Å²) in [5.74, 6) is -0.435. The number of aromatic nitrogens is 1. The van der Waals surface area contributed by atoms with Crippen LogP contribution >= 0.6 is 0 Å². The molecule has 1 aliphatic heterocycles. The van der Waals surface area contributed by atoms with Crippen LogP contribution in [0.4, 0.5) is 0 Å². The highest BCUT2D eigenvalue weighted by atomic mass is 16.4. The van der Waals surface area contributed by atoms with Crippen molar-refractivity contribution in [1.29, 1.82) is 0 Å². The topological polar surface area (TPSA) is 53.4 Å². The van der Waals surface area contributed by atoms with Gasteiger partial charge in [0, 0.05) is 31.1 Å². The van der Waals surface area contributed by atoms with Gasteiger partial charge in [-0.3, -0.25) is 9.88 Å². The Morgan fingerprint density at radius 1 is 1.53 bits per heavy atom. The summed E-state index contributed by atoms with van der Waals surface area (Å²) in [4.78, 5) is 18.5. The largest absolute Gasteiger partial charge is 0.478 e. The average molecular weight is 260 g/mol. The van der Waals surface area contributed by atoms with Crippen LogP contribution in [0.5, 0.6) is 0 Å². The van der Waals surface area contributed by atoms with E-state index < -0.39 is 5.97 Å². The van der Waals surface area contributed by atoms with Crippen LogP contribution in [-0.2, 0) is 13.0 Å². The Kier molecular flexibility index (Phi) is 3.27. The van der Waals surface area contributed by atoms with Gasteiger partial charge in [-0.2, -0.15) is 0 Å². The molecule has 0 radical (unpaired) electrons. The van der Waals surface area contributed by atoms with Crippen LogP contribution in [0.3, 0.4) is 0 Å². The summed E-state index contributed by atoms with van der Waals surface area (Å²) in [7, 11) is 0. The van der Waals surface area contributed by atoms with E-state index in [4.69, 9.17) is 0 Å². The average Bonchev–Trinajstić information content (AvgIpc) is 3.21. The molecule has 4 heteroatoms. The number of carbonyl (C=O) groups is 1. The Balaban J connectivity index is 1.94. The quantitative estimate of drug-likeness (QED) is 0.903. The highest BCUT2D eigenvalue weighted by Gasteiger charge is 2.31. The van der Waals surface area contributed by atoms with Crippen LogP contribution in [0, 0.1) is 0 Å². The first-order valence-corrected chi connectivity index (χ1v) is 7.17. The molecule has 0 bridgehead atoms. The van der Waals surface area contributed by atoms with Crippen LogP contribution in [-0.4, -0.2) is 34.0 Å². The van der Waals surface area contributed by atoms with Crippen molar-refractivity contribution in [3.8, 4) is 0 Å². The van der Waals surface area contributed by atoms with E-state index in [9.17, 15) is 9.90 Å². The third-order valence-electron chi connectivity index (χ3n) is 4.01. The SMILES string of the molecule is CCCN1CCc2nc(C3CC3)c(C(=O)O)cc2C1. The minimum Gasteiger partial charge on any atom is -0.478 e. The van der Waals surface area contributed by atoms with Crippen molar-refractivity contribution in [2.45, 2.75) is 45.1 Å². The van der Waals surface area contributed by atoms with Gasteiger partial charge in [-0.05, 0) is 37.4 Å². The fourth-order valence-corrected chi connectivity index (χ4v) is 2.89. The molecule has 0 unspecified atom stereocenters. The van der Waals surface area contributed by atoms with Gasteiger partial charge in [0.1, 0.15) is 0 Å². The Hall–Kier alpha value is -1.42. The first-order chi connectivity index (χ1) is 9.19. The molecule has 1 saturated carbocycles. The third-order valence-corrected chi connectivity index (χ3v) is 4.01. The van der Waals surface area contributed by atoms with E-state index in [2.05, 4.69) is 16.8 Å². The number of hydrogen-bond acceptors (Lipinski definition) is 3. The van der Waals surface area contributed by atoms with E-state index in [-0.39, 0.29) is 0 Å². The van der Waals surface area contributed by atoms with E-state index in [1.807, 2.05) is 6.07 Å². The molecule has 0 saturated heterocycles. The zero-order valence-electron chi connectivity index (χ0n) is 11.4. The molecule has 1 aromatic rings. The first kappa shape index (κ1) is 12.6. The normalized spacial score (nSPS) is 19.2. The molecule has 2 aliphatic rings. The predicted molar refractivity (Wildman–Crippen MR) is 72.4 cm³/mol. The molecular weight excluding hydrogens is 240 g/mol. The minimum atomic E-state index is -0.829. The summed E-state index contributed by atoms with van der Waals surface area (Å²) in [6, 6.07) is 1.88. The molecule has 1 N–H and O–H groups in total. The molecule has 4 nitrogen and oxygen atoms in total. The van der Waals surface area contributed by atoms with Crippen molar-refractivity contribution in [3.05, 3.63) is 28.6 Å². The van der Waals surface area contributed by atoms with Gasteiger partial charge in [0.2, 0.25) is 0 Å². The lowest BCUT2D eigenvalue weighted by molar-refractivity contribution is 0.0694. The number of fused-ring (bicyclic) bond motifs is 1. The molecule has 1 fully saturated rings. The second kappa shape index (κ2) is 4.93. The Morgan fingerprint density at radius 3 is 2.95 bits per heavy atom. The lowest BCUT2D eigenvalue weighted by Gasteiger charge is -2.28. The summed E-state index contributed by atoms with van der Waals surface area (Å²) in [5, 5.41) is 9.36. The second-order valence-corrected chi connectivity index (χ2v) is 5.63. The van der Waals surface area contributed by atoms with Gasteiger partial charge < -0.3 is 5.11 Å². The van der Waals surface area contributed by atoms with Gasteiger partial charge in [0.15, 0.2) is 0 Å². The van der Waals surface area contributed by atoms with E-state index >= 15 is 0 Å². The lowest BCUT2D eigenvalue weighted by atomic mass is 10.00. The zero-order chi connectivity index (χ0) is 13.4. The summed E-state index contributed by atoms with van der Waals surface area (Å²) >= 11 is 0. The van der Waals surface area contributed by atoms with Gasteiger partial charge in [-0.25, -0.2) is 4.79 Å². The Bertz CT molecular complexity index is 509. The van der Waals surface area contributed by atoms with E-state index in [0.29, 0.717) is 11.5 Å². The van der Waals surface area contributed by atoms with Crippen LogP contribution in [0.2, 0.25) is 0 Å². The van der Waals surface area contributed by atoms with Crippen molar-refractivity contribution >= 4 is 5.97 Å². The first-order valence-electron chi connectivity index (χ1n) is 7.17. The second-order valence-electron chi connectivity index (χ2n) is 5.63. The maximum atomic E-state index is 11.4. The summed E-state index contributed by atoms with van der Waals surface area (Å²) in [6.07, 6.45) is 4.27. The van der Waals surface area contributed by atoms with Gasteiger partial charge in [0.25, 0.3) is 0 Å². The molecule has 1 aliphatic carbocycles. The Morgan fingerprint density at radius 2 is 2.32 bits per heavy atom. The summed E-state index contributed by atoms with van der Waals surface area (Å²) < 4.78 is 0. The van der Waals surface area contributed by atoms with Crippen LogP contribution in [0.1, 0.15) is 59.4 Å². The highest BCUT2D eigenvalue weighted by Crippen LogP contribution is 2.41. The fourth-order valence-electron chi connectivity index (χ4n) is 2.89. The number of hydrogen-bond donors (Lipinski definition) is 1. The van der Waals surface area contributed by atoms with Gasteiger partial charge >= 0.3 is 5.97 Å². The molecule has 2 heterocycles. The molecule has 19 heavy (non-hydrogen) atoms. The van der Waals surface area contributed by atoms with Gasteiger partial charge in [0.05, 0.1) is 11.3 Å². The number of rotatable bonds is 4. The molecule has 0 spiro atoms. The highest BCUT2D eigenvalue weighted by molar-refractivity contribution is 5.89. The molecule has 1 aromatic heterocycles. The molecule has 102 valence electrons. The standard InChI is InChI=1S/C15H20N2O2/c1-2-6-17-7-5-13-11(9-17)8-12(15(18)19)14(16-13)10-3-4-10/h8,10H,2-7,9H2,1H3,(H,18,19). The van der Waals surface area contributed by atoms with E-state index in [0.717, 1.165) is 62.3 Å². The number of carboxylic acid groups (broad SMARTS) is 1. The Labute approximate surface area is 113 Å². The maximum Gasteiger partial charge on any atom is 0.337 e. The van der Waals surface area contributed by atoms with Crippen molar-refractivity contribution in [1.82, 2.24) is 9.88 Å². The number of pyridine rings is 1.